The van der Waals surface area contributed by atoms with Crippen molar-refractivity contribution in [2.24, 2.45) is 0 Å². The molecule has 0 nitrogen and oxygen atoms in total. The lowest BCUT2D eigenvalue weighted by molar-refractivity contribution is 1.15. The van der Waals surface area contributed by atoms with E-state index in [1.807, 2.05) is 0 Å². The van der Waals surface area contributed by atoms with Crippen LogP contribution >= 0.6 is 22.9 Å². The number of halogens is 1. The van der Waals surface area contributed by atoms with Gasteiger partial charge in [-0.15, -0.1) is 11.3 Å². The number of hydrogen-bond acceptors (Lipinski definition) is 1. The molecule has 0 amide bonds. The Morgan fingerprint density at radius 3 is 2.85 bits per heavy atom. The van der Waals surface area contributed by atoms with E-state index < -0.39 is 0 Å². The monoisotopic (exact) mass is 210 g/mol. The molecule has 0 unspecified atom stereocenters. The van der Waals surface area contributed by atoms with Gasteiger partial charge in [-0.2, -0.15) is 0 Å². The quantitative estimate of drug-likeness (QED) is 0.654. The Hall–Kier alpha value is -0.530. The highest BCUT2D eigenvalue weighted by atomic mass is 35.5. The summed E-state index contributed by atoms with van der Waals surface area (Å²) in [4.78, 5) is 0. The molecule has 1 aromatic heterocycles. The number of thiophene rings is 1. The molecule has 2 rings (SSSR count). The van der Waals surface area contributed by atoms with E-state index in [1.54, 1.807) is 11.3 Å². The highest BCUT2D eigenvalue weighted by molar-refractivity contribution is 7.22. The molecule has 13 heavy (non-hydrogen) atoms. The Balaban J connectivity index is 2.75. The molecule has 2 heteroatoms. The van der Waals surface area contributed by atoms with Crippen LogP contribution in [0.5, 0.6) is 0 Å². The largest absolute Gasteiger partial charge is 0.123 e. The molecule has 0 atom stereocenters. The van der Waals surface area contributed by atoms with E-state index in [4.69, 9.17) is 11.6 Å². The third kappa shape index (κ3) is 1.47. The van der Waals surface area contributed by atoms with Gasteiger partial charge in [-0.3, -0.25) is 0 Å². The highest BCUT2D eigenvalue weighted by Crippen LogP contribution is 2.34. The summed E-state index contributed by atoms with van der Waals surface area (Å²) in [6, 6.07) is 6.58. The molecule has 0 fully saturated rings. The molecule has 0 N–H and O–H groups in total. The molecule has 2 aromatic rings. The lowest BCUT2D eigenvalue weighted by Gasteiger charge is -1.96. The number of aryl methyl sites for hydroxylation is 2. The van der Waals surface area contributed by atoms with Crippen LogP contribution in [0.1, 0.15) is 18.1 Å². The SMILES string of the molecule is CCc1ccc2sc(Cl)c(C)c2c1. The van der Waals surface area contributed by atoms with E-state index in [9.17, 15) is 0 Å². The molecular formula is C11H11ClS. The summed E-state index contributed by atoms with van der Waals surface area (Å²) in [6.07, 6.45) is 1.09. The van der Waals surface area contributed by atoms with Gasteiger partial charge < -0.3 is 0 Å². The van der Waals surface area contributed by atoms with Crippen LogP contribution in [0.2, 0.25) is 4.34 Å². The summed E-state index contributed by atoms with van der Waals surface area (Å²) in [5.74, 6) is 0. The Kier molecular flexibility index (Phi) is 2.31. The minimum absolute atomic E-state index is 0.920. The molecule has 0 saturated carbocycles. The van der Waals surface area contributed by atoms with Crippen molar-refractivity contribution in [2.45, 2.75) is 20.3 Å². The third-order valence-corrected chi connectivity index (χ3v) is 3.93. The van der Waals surface area contributed by atoms with Crippen LogP contribution in [0.3, 0.4) is 0 Å². The van der Waals surface area contributed by atoms with Crippen molar-refractivity contribution in [3.8, 4) is 0 Å². The van der Waals surface area contributed by atoms with Crippen LogP contribution in [0.4, 0.5) is 0 Å². The lowest BCUT2D eigenvalue weighted by Crippen LogP contribution is -1.78. The molecule has 0 saturated heterocycles. The number of hydrogen-bond donors (Lipinski definition) is 0. The van der Waals surface area contributed by atoms with E-state index in [-0.39, 0.29) is 0 Å². The normalized spacial score (nSPS) is 11.0. The average molecular weight is 211 g/mol. The second kappa shape index (κ2) is 3.32. The summed E-state index contributed by atoms with van der Waals surface area (Å²) < 4.78 is 2.21. The molecule has 0 bridgehead atoms. The Morgan fingerprint density at radius 1 is 1.38 bits per heavy atom. The van der Waals surface area contributed by atoms with E-state index in [0.717, 1.165) is 10.8 Å². The number of fused-ring (bicyclic) bond motifs is 1. The second-order valence-electron chi connectivity index (χ2n) is 3.18. The van der Waals surface area contributed by atoms with Gasteiger partial charge in [-0.05, 0) is 35.9 Å². The van der Waals surface area contributed by atoms with Gasteiger partial charge in [0.25, 0.3) is 0 Å². The van der Waals surface area contributed by atoms with Gasteiger partial charge in [0.15, 0.2) is 0 Å². The van der Waals surface area contributed by atoms with Gasteiger partial charge in [-0.1, -0.05) is 30.7 Å². The molecule has 1 aromatic carbocycles. The zero-order valence-corrected chi connectivity index (χ0v) is 9.30. The topological polar surface area (TPSA) is 0 Å². The van der Waals surface area contributed by atoms with Gasteiger partial charge in [0, 0.05) is 4.70 Å². The maximum absolute atomic E-state index is 6.07. The Morgan fingerprint density at radius 2 is 2.15 bits per heavy atom. The minimum atomic E-state index is 0.920. The van der Waals surface area contributed by atoms with E-state index in [0.29, 0.717) is 0 Å². The van der Waals surface area contributed by atoms with E-state index in [2.05, 4.69) is 32.0 Å². The van der Waals surface area contributed by atoms with E-state index in [1.165, 1.54) is 21.2 Å². The van der Waals surface area contributed by atoms with Crippen molar-refractivity contribution in [3.05, 3.63) is 33.7 Å². The van der Waals surface area contributed by atoms with Gasteiger partial charge in [-0.25, -0.2) is 0 Å². The molecule has 0 aliphatic rings. The molecule has 0 aliphatic heterocycles. The first-order chi connectivity index (χ1) is 6.22. The van der Waals surface area contributed by atoms with Crippen molar-refractivity contribution < 1.29 is 0 Å². The molecule has 68 valence electrons. The van der Waals surface area contributed by atoms with Gasteiger partial charge in [0.2, 0.25) is 0 Å². The molecule has 1 heterocycles. The first kappa shape index (κ1) is 9.04. The predicted molar refractivity (Wildman–Crippen MR) is 61.0 cm³/mol. The first-order valence-corrected chi connectivity index (χ1v) is 5.59. The summed E-state index contributed by atoms with van der Waals surface area (Å²) in [6.45, 7) is 4.26. The summed E-state index contributed by atoms with van der Waals surface area (Å²) >= 11 is 7.73. The zero-order valence-electron chi connectivity index (χ0n) is 7.73. The van der Waals surface area contributed by atoms with Crippen LogP contribution in [0.25, 0.3) is 10.1 Å². The van der Waals surface area contributed by atoms with Crippen molar-refractivity contribution in [1.82, 2.24) is 0 Å². The van der Waals surface area contributed by atoms with Crippen LogP contribution in [0, 0.1) is 6.92 Å². The fourth-order valence-corrected chi connectivity index (χ4v) is 2.72. The number of benzene rings is 1. The molecule has 0 radical (unpaired) electrons. The van der Waals surface area contributed by atoms with Crippen LogP contribution in [-0.4, -0.2) is 0 Å². The van der Waals surface area contributed by atoms with Crippen LogP contribution in [-0.2, 0) is 6.42 Å². The van der Waals surface area contributed by atoms with Gasteiger partial charge >= 0.3 is 0 Å². The van der Waals surface area contributed by atoms with Crippen LogP contribution < -0.4 is 0 Å². The number of rotatable bonds is 1. The fourth-order valence-electron chi connectivity index (χ4n) is 1.46. The zero-order chi connectivity index (χ0) is 9.42. The summed E-state index contributed by atoms with van der Waals surface area (Å²) in [5.41, 5.74) is 2.60. The summed E-state index contributed by atoms with van der Waals surface area (Å²) in [5, 5.41) is 1.31. The van der Waals surface area contributed by atoms with Gasteiger partial charge in [0.1, 0.15) is 0 Å². The Bertz CT molecular complexity index is 443. The maximum atomic E-state index is 6.07. The lowest BCUT2D eigenvalue weighted by atomic mass is 10.1. The van der Waals surface area contributed by atoms with Crippen molar-refractivity contribution in [1.29, 1.82) is 0 Å². The maximum Gasteiger partial charge on any atom is 0.0969 e. The van der Waals surface area contributed by atoms with Crippen molar-refractivity contribution >= 4 is 33.0 Å². The summed E-state index contributed by atoms with van der Waals surface area (Å²) in [7, 11) is 0. The molecule has 0 aliphatic carbocycles. The molecular weight excluding hydrogens is 200 g/mol. The van der Waals surface area contributed by atoms with Crippen molar-refractivity contribution in [3.63, 3.8) is 0 Å². The van der Waals surface area contributed by atoms with Crippen molar-refractivity contribution in [2.75, 3.05) is 0 Å². The van der Waals surface area contributed by atoms with E-state index >= 15 is 0 Å². The smallest absolute Gasteiger partial charge is 0.0969 e. The average Bonchev–Trinajstić information content (AvgIpc) is 2.43. The standard InChI is InChI=1S/C11H11ClS/c1-3-8-4-5-10-9(6-8)7(2)11(12)13-10/h4-6H,3H2,1-2H3. The minimum Gasteiger partial charge on any atom is -0.123 e. The Labute approximate surface area is 87.2 Å². The highest BCUT2D eigenvalue weighted by Gasteiger charge is 2.05. The first-order valence-electron chi connectivity index (χ1n) is 4.40. The third-order valence-electron chi connectivity index (χ3n) is 2.35. The fraction of sp³-hybridized carbons (Fsp3) is 0.273. The predicted octanol–water partition coefficient (Wildman–Crippen LogP) is 4.43. The second-order valence-corrected chi connectivity index (χ2v) is 4.84. The van der Waals surface area contributed by atoms with Crippen LogP contribution in [0.15, 0.2) is 18.2 Å². The molecule has 0 spiro atoms. The van der Waals surface area contributed by atoms with Gasteiger partial charge in [0.05, 0.1) is 4.34 Å².